The Balaban J connectivity index is 2.46. The quantitative estimate of drug-likeness (QED) is 0.717. The molecule has 0 bridgehead atoms. The zero-order valence-corrected chi connectivity index (χ0v) is 8.69. The molecule has 5 nitrogen and oxygen atoms in total. The average Bonchev–Trinajstić information content (AvgIpc) is 2.78. The zero-order valence-electron chi connectivity index (χ0n) is 7.88. The van der Waals surface area contributed by atoms with E-state index in [2.05, 4.69) is 19.3 Å². The van der Waals surface area contributed by atoms with Crippen LogP contribution in [0, 0.1) is 0 Å². The lowest BCUT2D eigenvalue weighted by Gasteiger charge is -1.97. The van der Waals surface area contributed by atoms with Crippen LogP contribution in [-0.4, -0.2) is 27.7 Å². The van der Waals surface area contributed by atoms with Crippen molar-refractivity contribution in [2.24, 2.45) is 0 Å². The molecular formula is C9H7N3O2S. The van der Waals surface area contributed by atoms with Crippen LogP contribution in [0.3, 0.4) is 0 Å². The Bertz CT molecular complexity index is 469. The maximum atomic E-state index is 11.3. The van der Waals surface area contributed by atoms with Gasteiger partial charge in [0.2, 0.25) is 0 Å². The number of methoxy groups -OCH3 is 1. The van der Waals surface area contributed by atoms with Crippen LogP contribution in [0.1, 0.15) is 9.67 Å². The summed E-state index contributed by atoms with van der Waals surface area (Å²) in [6, 6.07) is 5.38. The third-order valence-corrected chi connectivity index (χ3v) is 2.47. The van der Waals surface area contributed by atoms with E-state index in [1.165, 1.54) is 7.11 Å². The number of ether oxygens (including phenoxy) is 1. The molecule has 2 rings (SSSR count). The van der Waals surface area contributed by atoms with Crippen LogP contribution in [0.15, 0.2) is 24.4 Å². The predicted octanol–water partition coefficient (Wildman–Crippen LogP) is 1.39. The molecule has 0 aliphatic rings. The van der Waals surface area contributed by atoms with Crippen LogP contribution in [0.4, 0.5) is 0 Å². The molecule has 0 atom stereocenters. The third-order valence-electron chi connectivity index (χ3n) is 1.77. The third kappa shape index (κ3) is 1.84. The maximum Gasteiger partial charge on any atom is 0.352 e. The van der Waals surface area contributed by atoms with Gasteiger partial charge in [-0.3, -0.25) is 4.98 Å². The van der Waals surface area contributed by atoms with Gasteiger partial charge in [-0.25, -0.2) is 4.79 Å². The van der Waals surface area contributed by atoms with E-state index in [0.717, 1.165) is 11.5 Å². The molecule has 0 aliphatic heterocycles. The van der Waals surface area contributed by atoms with Gasteiger partial charge in [0.25, 0.3) is 0 Å². The van der Waals surface area contributed by atoms with Crippen LogP contribution in [-0.2, 0) is 4.74 Å². The first-order chi connectivity index (χ1) is 7.33. The summed E-state index contributed by atoms with van der Waals surface area (Å²) in [6.45, 7) is 0. The van der Waals surface area contributed by atoms with E-state index in [1.54, 1.807) is 18.3 Å². The topological polar surface area (TPSA) is 65.0 Å². The molecule has 2 aromatic rings. The number of hydrogen-bond donors (Lipinski definition) is 0. The minimum atomic E-state index is -0.439. The van der Waals surface area contributed by atoms with Crippen LogP contribution in [0.2, 0.25) is 0 Å². The minimum Gasteiger partial charge on any atom is -0.465 e. The summed E-state index contributed by atoms with van der Waals surface area (Å²) in [5.41, 5.74) is 1.08. The standard InChI is InChI=1S/C9H7N3O2S/c1-14-9(13)8-7(11-12-15-8)6-4-2-3-5-10-6/h2-5H,1H3. The Morgan fingerprint density at radius 2 is 2.33 bits per heavy atom. The maximum absolute atomic E-state index is 11.3. The first-order valence-electron chi connectivity index (χ1n) is 4.15. The Hall–Kier alpha value is -1.82. The molecule has 6 heteroatoms. The fraction of sp³-hybridized carbons (Fsp3) is 0.111. The molecule has 0 aromatic carbocycles. The molecule has 0 saturated heterocycles. The first kappa shape index (κ1) is 9.72. The van der Waals surface area contributed by atoms with Crippen molar-refractivity contribution in [3.8, 4) is 11.4 Å². The van der Waals surface area contributed by atoms with Crippen LogP contribution >= 0.6 is 11.5 Å². The summed E-state index contributed by atoms with van der Waals surface area (Å²) >= 11 is 1.00. The molecule has 0 N–H and O–H groups in total. The molecule has 0 fully saturated rings. The molecule has 2 aromatic heterocycles. The summed E-state index contributed by atoms with van der Waals surface area (Å²) in [5.74, 6) is -0.439. The van der Waals surface area contributed by atoms with E-state index in [-0.39, 0.29) is 0 Å². The van der Waals surface area contributed by atoms with Crippen molar-refractivity contribution >= 4 is 17.5 Å². The second kappa shape index (κ2) is 4.14. The van der Waals surface area contributed by atoms with Crippen LogP contribution < -0.4 is 0 Å². The van der Waals surface area contributed by atoms with E-state index in [9.17, 15) is 4.79 Å². The second-order valence-corrected chi connectivity index (χ2v) is 3.41. The Labute approximate surface area is 89.9 Å². The smallest absolute Gasteiger partial charge is 0.352 e. The van der Waals surface area contributed by atoms with Gasteiger partial charge in [-0.05, 0) is 23.7 Å². The summed E-state index contributed by atoms with van der Waals surface area (Å²) in [7, 11) is 1.32. The zero-order chi connectivity index (χ0) is 10.7. The van der Waals surface area contributed by atoms with Gasteiger partial charge in [0.05, 0.1) is 12.8 Å². The van der Waals surface area contributed by atoms with Gasteiger partial charge >= 0.3 is 5.97 Å². The van der Waals surface area contributed by atoms with E-state index >= 15 is 0 Å². The Morgan fingerprint density at radius 3 is 3.00 bits per heavy atom. The minimum absolute atomic E-state index is 0.371. The highest BCUT2D eigenvalue weighted by atomic mass is 32.1. The molecule has 0 saturated carbocycles. The molecule has 0 amide bonds. The molecule has 0 aliphatic carbocycles. The lowest BCUT2D eigenvalue weighted by atomic mass is 10.2. The van der Waals surface area contributed by atoms with E-state index < -0.39 is 5.97 Å². The Morgan fingerprint density at radius 1 is 1.47 bits per heavy atom. The highest BCUT2D eigenvalue weighted by Crippen LogP contribution is 2.21. The van der Waals surface area contributed by atoms with Crippen molar-refractivity contribution in [3.05, 3.63) is 29.3 Å². The van der Waals surface area contributed by atoms with Gasteiger partial charge in [-0.1, -0.05) is 10.6 Å². The molecule has 0 spiro atoms. The van der Waals surface area contributed by atoms with Crippen molar-refractivity contribution in [1.29, 1.82) is 0 Å². The van der Waals surface area contributed by atoms with Crippen LogP contribution in [0.5, 0.6) is 0 Å². The van der Waals surface area contributed by atoms with Crippen molar-refractivity contribution in [1.82, 2.24) is 14.6 Å². The summed E-state index contributed by atoms with van der Waals surface area (Å²) < 4.78 is 8.34. The monoisotopic (exact) mass is 221 g/mol. The van der Waals surface area contributed by atoms with E-state index in [0.29, 0.717) is 16.3 Å². The lowest BCUT2D eigenvalue weighted by molar-refractivity contribution is 0.0607. The molecule has 2 heterocycles. The molecule has 15 heavy (non-hydrogen) atoms. The van der Waals surface area contributed by atoms with Gasteiger partial charge in [-0.2, -0.15) is 0 Å². The first-order valence-corrected chi connectivity index (χ1v) is 4.92. The molecule has 76 valence electrons. The second-order valence-electron chi connectivity index (χ2n) is 2.66. The van der Waals surface area contributed by atoms with Crippen molar-refractivity contribution in [2.75, 3.05) is 7.11 Å². The average molecular weight is 221 g/mol. The highest BCUT2D eigenvalue weighted by Gasteiger charge is 2.18. The predicted molar refractivity (Wildman–Crippen MR) is 54.5 cm³/mol. The van der Waals surface area contributed by atoms with E-state index in [4.69, 9.17) is 0 Å². The van der Waals surface area contributed by atoms with Gasteiger partial charge in [0.15, 0.2) is 4.88 Å². The number of carbonyl (C=O) groups excluding carboxylic acids is 1. The normalized spacial score (nSPS) is 9.93. The fourth-order valence-electron chi connectivity index (χ4n) is 1.09. The van der Waals surface area contributed by atoms with Crippen molar-refractivity contribution in [2.45, 2.75) is 0 Å². The number of pyridine rings is 1. The number of hydrogen-bond acceptors (Lipinski definition) is 6. The number of nitrogens with zero attached hydrogens (tertiary/aromatic N) is 3. The lowest BCUT2D eigenvalue weighted by Crippen LogP contribution is -2.00. The number of aromatic nitrogens is 3. The highest BCUT2D eigenvalue weighted by molar-refractivity contribution is 7.08. The number of carbonyl (C=O) groups is 1. The van der Waals surface area contributed by atoms with Crippen molar-refractivity contribution in [3.63, 3.8) is 0 Å². The number of esters is 1. The van der Waals surface area contributed by atoms with Gasteiger partial charge in [0.1, 0.15) is 5.69 Å². The summed E-state index contributed by atoms with van der Waals surface area (Å²) in [4.78, 5) is 15.8. The van der Waals surface area contributed by atoms with Gasteiger partial charge in [-0.15, -0.1) is 5.10 Å². The fourth-order valence-corrected chi connectivity index (χ4v) is 1.68. The van der Waals surface area contributed by atoms with Crippen LogP contribution in [0.25, 0.3) is 11.4 Å². The molecule has 0 radical (unpaired) electrons. The largest absolute Gasteiger partial charge is 0.465 e. The van der Waals surface area contributed by atoms with Crippen molar-refractivity contribution < 1.29 is 9.53 Å². The van der Waals surface area contributed by atoms with E-state index in [1.807, 2.05) is 6.07 Å². The van der Waals surface area contributed by atoms with Gasteiger partial charge < -0.3 is 4.74 Å². The Kier molecular flexibility index (Phi) is 2.68. The molecular weight excluding hydrogens is 214 g/mol. The summed E-state index contributed by atoms with van der Waals surface area (Å²) in [5, 5.41) is 3.86. The molecule has 0 unspecified atom stereocenters. The van der Waals surface area contributed by atoms with Gasteiger partial charge in [0, 0.05) is 6.20 Å². The SMILES string of the molecule is COC(=O)c1snnc1-c1ccccn1. The number of rotatable bonds is 2. The summed E-state index contributed by atoms with van der Waals surface area (Å²) in [6.07, 6.45) is 1.63.